The fourth-order valence-electron chi connectivity index (χ4n) is 2.73. The summed E-state index contributed by atoms with van der Waals surface area (Å²) in [5.74, 6) is -0.940. The number of rotatable bonds is 7. The third-order valence-corrected chi connectivity index (χ3v) is 5.54. The van der Waals surface area contributed by atoms with Crippen LogP contribution in [0.5, 0.6) is 5.75 Å². The number of benzene rings is 3. The first kappa shape index (κ1) is 24.0. The molecule has 0 fully saturated rings. The van der Waals surface area contributed by atoms with Crippen LogP contribution >= 0.6 is 0 Å². The van der Waals surface area contributed by atoms with Crippen LogP contribution in [0.3, 0.4) is 0 Å². The molecule has 3 rings (SSSR count). The predicted octanol–water partition coefficient (Wildman–Crippen LogP) is 5.36. The van der Waals surface area contributed by atoms with Crippen molar-refractivity contribution < 1.29 is 39.9 Å². The molecule has 2 N–H and O–H groups in total. The molecule has 0 radical (unpaired) electrons. The molecule has 0 spiro atoms. The van der Waals surface area contributed by atoms with Crippen molar-refractivity contribution in [3.8, 4) is 5.75 Å². The largest absolute Gasteiger partial charge is 0.435 e. The average Bonchev–Trinajstić information content (AvgIpc) is 2.73. The first-order valence-electron chi connectivity index (χ1n) is 9.10. The minimum atomic E-state index is -4.66. The Balaban J connectivity index is 1.79. The summed E-state index contributed by atoms with van der Waals surface area (Å²) in [7, 11) is -4.33. The number of alkyl halides is 5. The Hall–Kier alpha value is -3.67. The number of hydrogen-bond acceptors (Lipinski definition) is 4. The van der Waals surface area contributed by atoms with E-state index < -0.39 is 34.3 Å². The standard InChI is InChI=1S/C21H15F5N2O4S/c22-20(23)32-17-8-3-6-15(12-17)27-19(29)13-4-1-9-18(10-13)33(30,31)28-16-7-2-5-14(11-16)21(24,25)26/h1-12,20,28H,(H,27,29). The highest BCUT2D eigenvalue weighted by Gasteiger charge is 2.30. The van der Waals surface area contributed by atoms with Gasteiger partial charge in [-0.05, 0) is 48.5 Å². The number of amides is 1. The molecule has 0 saturated carbocycles. The molecule has 174 valence electrons. The van der Waals surface area contributed by atoms with Crippen molar-refractivity contribution >= 4 is 27.3 Å². The zero-order valence-electron chi connectivity index (χ0n) is 16.4. The summed E-state index contributed by atoms with van der Waals surface area (Å²) in [5.41, 5.74) is -1.32. The number of nitrogens with one attached hydrogen (secondary N) is 2. The maximum absolute atomic E-state index is 12.9. The van der Waals surface area contributed by atoms with Crippen molar-refractivity contribution in [3.05, 3.63) is 83.9 Å². The third-order valence-electron chi connectivity index (χ3n) is 4.17. The van der Waals surface area contributed by atoms with Crippen molar-refractivity contribution in [1.29, 1.82) is 0 Å². The van der Waals surface area contributed by atoms with Gasteiger partial charge in [-0.15, -0.1) is 0 Å². The van der Waals surface area contributed by atoms with Gasteiger partial charge in [0.1, 0.15) is 5.75 Å². The van der Waals surface area contributed by atoms with Crippen molar-refractivity contribution in [2.75, 3.05) is 10.0 Å². The molecule has 0 aliphatic heterocycles. The number of carbonyl (C=O) groups excluding carboxylic acids is 1. The van der Waals surface area contributed by atoms with Crippen LogP contribution in [0.2, 0.25) is 0 Å². The van der Waals surface area contributed by atoms with Gasteiger partial charge in [0.05, 0.1) is 10.5 Å². The van der Waals surface area contributed by atoms with E-state index in [-0.39, 0.29) is 27.6 Å². The molecule has 3 aromatic rings. The number of carbonyl (C=O) groups is 1. The van der Waals surface area contributed by atoms with Crippen molar-refractivity contribution in [1.82, 2.24) is 0 Å². The van der Waals surface area contributed by atoms with E-state index >= 15 is 0 Å². The molecule has 1 amide bonds. The van der Waals surface area contributed by atoms with Crippen LogP contribution in [-0.4, -0.2) is 20.9 Å². The topological polar surface area (TPSA) is 84.5 Å². The minimum absolute atomic E-state index is 0.0953. The minimum Gasteiger partial charge on any atom is -0.435 e. The van der Waals surface area contributed by atoms with Gasteiger partial charge in [-0.2, -0.15) is 22.0 Å². The van der Waals surface area contributed by atoms with Gasteiger partial charge in [-0.25, -0.2) is 8.42 Å². The fraction of sp³-hybridized carbons (Fsp3) is 0.0952. The lowest BCUT2D eigenvalue weighted by molar-refractivity contribution is -0.137. The van der Waals surface area contributed by atoms with Gasteiger partial charge in [0.2, 0.25) is 0 Å². The third kappa shape index (κ3) is 6.42. The summed E-state index contributed by atoms with van der Waals surface area (Å²) >= 11 is 0. The first-order valence-corrected chi connectivity index (χ1v) is 10.6. The van der Waals surface area contributed by atoms with E-state index in [1.807, 2.05) is 4.72 Å². The molecule has 0 atom stereocenters. The lowest BCUT2D eigenvalue weighted by Gasteiger charge is -2.12. The van der Waals surface area contributed by atoms with Crippen LogP contribution in [0.25, 0.3) is 0 Å². The maximum Gasteiger partial charge on any atom is 0.416 e. The summed E-state index contributed by atoms with van der Waals surface area (Å²) in [5, 5.41) is 2.42. The molecule has 3 aromatic carbocycles. The summed E-state index contributed by atoms with van der Waals surface area (Å²) in [4.78, 5) is 12.1. The van der Waals surface area contributed by atoms with E-state index in [0.29, 0.717) is 6.07 Å². The molecule has 0 aromatic heterocycles. The van der Waals surface area contributed by atoms with Crippen molar-refractivity contribution in [2.45, 2.75) is 17.7 Å². The normalized spacial score (nSPS) is 11.8. The van der Waals surface area contributed by atoms with Gasteiger partial charge in [0.15, 0.2) is 0 Å². The molecular formula is C21H15F5N2O4S. The number of anilines is 2. The van der Waals surface area contributed by atoms with Crippen molar-refractivity contribution in [2.24, 2.45) is 0 Å². The molecule has 0 aliphatic carbocycles. The van der Waals surface area contributed by atoms with E-state index in [4.69, 9.17) is 0 Å². The quantitative estimate of drug-likeness (QED) is 0.441. The van der Waals surface area contributed by atoms with E-state index in [1.54, 1.807) is 0 Å². The van der Waals surface area contributed by atoms with Crippen LogP contribution < -0.4 is 14.8 Å². The second-order valence-electron chi connectivity index (χ2n) is 6.57. The SMILES string of the molecule is O=C(Nc1cccc(OC(F)F)c1)c1cccc(S(=O)(=O)Nc2cccc(C(F)(F)F)c2)c1. The van der Waals surface area contributed by atoms with Gasteiger partial charge in [-0.3, -0.25) is 9.52 Å². The Labute approximate surface area is 185 Å². The lowest BCUT2D eigenvalue weighted by atomic mass is 10.2. The summed E-state index contributed by atoms with van der Waals surface area (Å²) in [6.07, 6.45) is -4.66. The molecule has 12 heteroatoms. The highest BCUT2D eigenvalue weighted by molar-refractivity contribution is 7.92. The maximum atomic E-state index is 12.9. The van der Waals surface area contributed by atoms with E-state index in [9.17, 15) is 35.2 Å². The van der Waals surface area contributed by atoms with Gasteiger partial charge in [0, 0.05) is 23.0 Å². The van der Waals surface area contributed by atoms with Crippen LogP contribution in [0.15, 0.2) is 77.7 Å². The van der Waals surface area contributed by atoms with Gasteiger partial charge < -0.3 is 10.1 Å². The summed E-state index contributed by atoms with van der Waals surface area (Å²) < 4.78 is 94.8. The fourth-order valence-corrected chi connectivity index (χ4v) is 3.83. The Morgan fingerprint density at radius 2 is 1.55 bits per heavy atom. The smallest absolute Gasteiger partial charge is 0.416 e. The van der Waals surface area contributed by atoms with Crippen LogP contribution in [-0.2, 0) is 16.2 Å². The second kappa shape index (κ2) is 9.45. The molecule has 0 bridgehead atoms. The van der Waals surface area contributed by atoms with E-state index in [2.05, 4.69) is 10.1 Å². The number of halogens is 5. The summed E-state index contributed by atoms with van der Waals surface area (Å²) in [6.45, 7) is -3.05. The predicted molar refractivity (Wildman–Crippen MR) is 110 cm³/mol. The van der Waals surface area contributed by atoms with Crippen LogP contribution in [0, 0.1) is 0 Å². The monoisotopic (exact) mass is 486 g/mol. The number of hydrogen-bond donors (Lipinski definition) is 2. The zero-order valence-corrected chi connectivity index (χ0v) is 17.3. The molecular weight excluding hydrogens is 471 g/mol. The highest BCUT2D eigenvalue weighted by atomic mass is 32.2. The number of ether oxygens (including phenoxy) is 1. The van der Waals surface area contributed by atoms with Gasteiger partial charge >= 0.3 is 12.8 Å². The van der Waals surface area contributed by atoms with E-state index in [1.165, 1.54) is 30.3 Å². The van der Waals surface area contributed by atoms with E-state index in [0.717, 1.165) is 36.4 Å². The molecule has 0 aliphatic rings. The average molecular weight is 486 g/mol. The zero-order chi connectivity index (χ0) is 24.2. The Morgan fingerprint density at radius 1 is 0.879 bits per heavy atom. The second-order valence-corrected chi connectivity index (χ2v) is 8.25. The molecule has 33 heavy (non-hydrogen) atoms. The van der Waals surface area contributed by atoms with Gasteiger partial charge in [-0.1, -0.05) is 18.2 Å². The lowest BCUT2D eigenvalue weighted by Crippen LogP contribution is -2.16. The molecule has 0 heterocycles. The van der Waals surface area contributed by atoms with Crippen LogP contribution in [0.1, 0.15) is 15.9 Å². The van der Waals surface area contributed by atoms with Gasteiger partial charge in [0.25, 0.3) is 15.9 Å². The highest BCUT2D eigenvalue weighted by Crippen LogP contribution is 2.31. The first-order chi connectivity index (χ1) is 15.4. The Bertz CT molecular complexity index is 1260. The number of sulfonamides is 1. The molecule has 0 saturated heterocycles. The Morgan fingerprint density at radius 3 is 2.24 bits per heavy atom. The van der Waals surface area contributed by atoms with Crippen molar-refractivity contribution in [3.63, 3.8) is 0 Å². The van der Waals surface area contributed by atoms with Crippen LogP contribution in [0.4, 0.5) is 33.3 Å². The Kier molecular flexibility index (Phi) is 6.86. The molecule has 6 nitrogen and oxygen atoms in total. The summed E-state index contributed by atoms with van der Waals surface area (Å²) in [6, 6.07) is 13.6. The molecule has 0 unspecified atom stereocenters.